The Morgan fingerprint density at radius 1 is 1.29 bits per heavy atom. The Labute approximate surface area is 83.2 Å². The van der Waals surface area contributed by atoms with Gasteiger partial charge in [0.2, 0.25) is 5.91 Å². The molecule has 0 aromatic carbocycles. The largest absolute Gasteiger partial charge is 0.393 e. The molecule has 0 aliphatic heterocycles. The minimum absolute atomic E-state index is 0.0162. The molecular formula is C8H18N4O2. The monoisotopic (exact) mass is 202 g/mol. The first-order valence-corrected chi connectivity index (χ1v) is 4.54. The zero-order valence-corrected chi connectivity index (χ0v) is 8.15. The van der Waals surface area contributed by atoms with Crippen LogP contribution in [0.15, 0.2) is 4.99 Å². The Morgan fingerprint density at radius 3 is 2.43 bits per heavy atom. The van der Waals surface area contributed by atoms with Crippen molar-refractivity contribution in [2.24, 2.45) is 22.2 Å². The summed E-state index contributed by atoms with van der Waals surface area (Å²) >= 11 is 0. The predicted octanol–water partition coefficient (Wildman–Crippen LogP) is -1.33. The number of unbranched alkanes of at least 4 members (excludes halogenated alkanes) is 1. The zero-order valence-electron chi connectivity index (χ0n) is 8.15. The molecule has 0 spiro atoms. The van der Waals surface area contributed by atoms with E-state index in [2.05, 4.69) is 4.99 Å². The molecule has 0 fully saturated rings. The van der Waals surface area contributed by atoms with E-state index in [9.17, 15) is 9.90 Å². The van der Waals surface area contributed by atoms with E-state index in [1.165, 1.54) is 0 Å². The fourth-order valence-corrected chi connectivity index (χ4v) is 1.03. The molecule has 1 unspecified atom stereocenters. The number of nitrogens with two attached hydrogens (primary N) is 3. The second kappa shape index (κ2) is 7.14. The summed E-state index contributed by atoms with van der Waals surface area (Å²) in [7, 11) is 0. The van der Waals surface area contributed by atoms with Gasteiger partial charge < -0.3 is 22.3 Å². The normalized spacial score (nSPS) is 12.1. The Kier molecular flexibility index (Phi) is 6.47. The van der Waals surface area contributed by atoms with Crippen molar-refractivity contribution in [1.82, 2.24) is 0 Å². The van der Waals surface area contributed by atoms with Gasteiger partial charge in [-0.1, -0.05) is 0 Å². The fraction of sp³-hybridized carbons (Fsp3) is 0.750. The van der Waals surface area contributed by atoms with E-state index in [4.69, 9.17) is 17.2 Å². The van der Waals surface area contributed by atoms with Crippen LogP contribution in [0.3, 0.4) is 0 Å². The van der Waals surface area contributed by atoms with E-state index in [1.807, 2.05) is 0 Å². The molecule has 0 aliphatic rings. The first-order valence-electron chi connectivity index (χ1n) is 4.54. The highest BCUT2D eigenvalue weighted by atomic mass is 16.3. The highest BCUT2D eigenvalue weighted by molar-refractivity contribution is 5.75. The summed E-state index contributed by atoms with van der Waals surface area (Å²) in [6.45, 7) is 0.547. The predicted molar refractivity (Wildman–Crippen MR) is 54.3 cm³/mol. The molecular weight excluding hydrogens is 184 g/mol. The van der Waals surface area contributed by atoms with Crippen LogP contribution >= 0.6 is 0 Å². The van der Waals surface area contributed by atoms with Crippen LogP contribution in [0.2, 0.25) is 0 Å². The summed E-state index contributed by atoms with van der Waals surface area (Å²) in [5.74, 6) is -0.413. The van der Waals surface area contributed by atoms with Crippen molar-refractivity contribution in [2.75, 3.05) is 6.54 Å². The lowest BCUT2D eigenvalue weighted by Crippen LogP contribution is -2.23. The lowest BCUT2D eigenvalue weighted by atomic mass is 10.1. The number of carbonyl (C=O) groups is 1. The SMILES string of the molecule is NC(=O)CC(O)CCCCN=C(N)N. The lowest BCUT2D eigenvalue weighted by Gasteiger charge is -2.06. The Bertz CT molecular complexity index is 202. The number of aliphatic hydroxyl groups is 1. The minimum atomic E-state index is -0.647. The van der Waals surface area contributed by atoms with Crippen LogP contribution in [-0.4, -0.2) is 29.6 Å². The molecule has 0 heterocycles. The molecule has 0 radical (unpaired) electrons. The number of aliphatic imine (C=N–C) groups is 1. The molecule has 0 saturated carbocycles. The molecule has 7 N–H and O–H groups in total. The highest BCUT2D eigenvalue weighted by Gasteiger charge is 2.06. The van der Waals surface area contributed by atoms with Gasteiger partial charge in [-0.3, -0.25) is 9.79 Å². The smallest absolute Gasteiger partial charge is 0.220 e. The number of amides is 1. The van der Waals surface area contributed by atoms with Crippen molar-refractivity contribution in [3.8, 4) is 0 Å². The summed E-state index contributed by atoms with van der Waals surface area (Å²) in [5.41, 5.74) is 15.1. The molecule has 0 rings (SSSR count). The van der Waals surface area contributed by atoms with Crippen LogP contribution in [0.5, 0.6) is 0 Å². The molecule has 0 aromatic heterocycles. The number of rotatable bonds is 7. The van der Waals surface area contributed by atoms with Gasteiger partial charge in [-0.25, -0.2) is 0 Å². The number of guanidine groups is 1. The average molecular weight is 202 g/mol. The zero-order chi connectivity index (χ0) is 11.0. The Balaban J connectivity index is 3.36. The van der Waals surface area contributed by atoms with Crippen molar-refractivity contribution in [3.05, 3.63) is 0 Å². The third-order valence-corrected chi connectivity index (χ3v) is 1.68. The number of hydrogen-bond acceptors (Lipinski definition) is 3. The maximum absolute atomic E-state index is 10.4. The molecule has 6 nitrogen and oxygen atoms in total. The van der Waals surface area contributed by atoms with Gasteiger partial charge in [0.25, 0.3) is 0 Å². The number of nitrogens with zero attached hydrogens (tertiary/aromatic N) is 1. The van der Waals surface area contributed by atoms with Crippen molar-refractivity contribution in [2.45, 2.75) is 31.8 Å². The van der Waals surface area contributed by atoms with E-state index < -0.39 is 12.0 Å². The summed E-state index contributed by atoms with van der Waals surface area (Å²) in [6.07, 6.45) is 1.47. The third-order valence-electron chi connectivity index (χ3n) is 1.68. The standard InChI is InChI=1S/C8H18N4O2/c9-7(14)5-6(13)3-1-2-4-12-8(10)11/h6,13H,1-5H2,(H2,9,14)(H4,10,11,12). The quantitative estimate of drug-likeness (QED) is 0.231. The van der Waals surface area contributed by atoms with Gasteiger partial charge in [-0.2, -0.15) is 0 Å². The van der Waals surface area contributed by atoms with E-state index in [1.54, 1.807) is 0 Å². The van der Waals surface area contributed by atoms with Gasteiger partial charge in [0.1, 0.15) is 0 Å². The Morgan fingerprint density at radius 2 is 1.93 bits per heavy atom. The Hall–Kier alpha value is -1.30. The molecule has 0 saturated heterocycles. The summed E-state index contributed by atoms with van der Waals surface area (Å²) < 4.78 is 0. The second-order valence-corrected chi connectivity index (χ2v) is 3.13. The summed E-state index contributed by atoms with van der Waals surface area (Å²) in [6, 6.07) is 0. The highest BCUT2D eigenvalue weighted by Crippen LogP contribution is 2.03. The van der Waals surface area contributed by atoms with Crippen molar-refractivity contribution >= 4 is 11.9 Å². The molecule has 14 heavy (non-hydrogen) atoms. The van der Waals surface area contributed by atoms with E-state index in [-0.39, 0.29) is 12.4 Å². The molecule has 82 valence electrons. The van der Waals surface area contributed by atoms with E-state index in [0.29, 0.717) is 13.0 Å². The van der Waals surface area contributed by atoms with Gasteiger partial charge in [-0.05, 0) is 19.3 Å². The first kappa shape index (κ1) is 12.7. The van der Waals surface area contributed by atoms with Gasteiger partial charge in [-0.15, -0.1) is 0 Å². The number of aliphatic hydroxyl groups excluding tert-OH is 1. The van der Waals surface area contributed by atoms with Gasteiger partial charge >= 0.3 is 0 Å². The number of hydrogen-bond donors (Lipinski definition) is 4. The van der Waals surface area contributed by atoms with Crippen molar-refractivity contribution in [3.63, 3.8) is 0 Å². The minimum Gasteiger partial charge on any atom is -0.393 e. The van der Waals surface area contributed by atoms with Crippen LogP contribution in [0.1, 0.15) is 25.7 Å². The summed E-state index contributed by atoms with van der Waals surface area (Å²) in [4.78, 5) is 14.2. The van der Waals surface area contributed by atoms with Gasteiger partial charge in [0.15, 0.2) is 5.96 Å². The maximum Gasteiger partial charge on any atom is 0.220 e. The van der Waals surface area contributed by atoms with E-state index in [0.717, 1.165) is 12.8 Å². The van der Waals surface area contributed by atoms with Crippen LogP contribution in [0.4, 0.5) is 0 Å². The topological polar surface area (TPSA) is 128 Å². The van der Waals surface area contributed by atoms with Crippen LogP contribution in [-0.2, 0) is 4.79 Å². The van der Waals surface area contributed by atoms with E-state index >= 15 is 0 Å². The molecule has 1 amide bonds. The van der Waals surface area contributed by atoms with Gasteiger partial charge in [0.05, 0.1) is 12.5 Å². The summed E-state index contributed by atoms with van der Waals surface area (Å²) in [5, 5.41) is 9.24. The maximum atomic E-state index is 10.4. The molecule has 0 aliphatic carbocycles. The lowest BCUT2D eigenvalue weighted by molar-refractivity contribution is -0.119. The van der Waals surface area contributed by atoms with Gasteiger partial charge in [0, 0.05) is 6.54 Å². The first-order chi connectivity index (χ1) is 6.52. The third kappa shape index (κ3) is 8.79. The van der Waals surface area contributed by atoms with Crippen LogP contribution in [0, 0.1) is 0 Å². The fourth-order valence-electron chi connectivity index (χ4n) is 1.03. The number of carbonyl (C=O) groups excluding carboxylic acids is 1. The van der Waals surface area contributed by atoms with Crippen LogP contribution in [0.25, 0.3) is 0 Å². The molecule has 0 aromatic rings. The molecule has 0 bridgehead atoms. The number of primary amides is 1. The molecule has 6 heteroatoms. The second-order valence-electron chi connectivity index (χ2n) is 3.13. The van der Waals surface area contributed by atoms with Crippen molar-refractivity contribution < 1.29 is 9.90 Å². The average Bonchev–Trinajstić information content (AvgIpc) is 2.01. The molecule has 1 atom stereocenters. The van der Waals surface area contributed by atoms with Crippen molar-refractivity contribution in [1.29, 1.82) is 0 Å². The van der Waals surface area contributed by atoms with Crippen LogP contribution < -0.4 is 17.2 Å².